The molecule has 82 heavy (non-hydrogen) atoms. The number of anilines is 12. The normalized spacial score (nSPS) is 12.0. The minimum atomic E-state index is -0.308. The molecule has 0 fully saturated rings. The fraction of sp³-hybridized carbons (Fsp3) is 0.211. The number of aryl methyl sites for hydroxylation is 4. The Bertz CT molecular complexity index is 3970. The maximum Gasteiger partial charge on any atom is 0.161 e. The van der Waals surface area contributed by atoms with Gasteiger partial charge in [0.1, 0.15) is 5.58 Å². The molecule has 0 N–H and O–H groups in total. The Balaban J connectivity index is 1.20. The predicted molar refractivity (Wildman–Crippen MR) is 353 cm³/mol. The van der Waals surface area contributed by atoms with E-state index in [4.69, 9.17) is 16.0 Å². The van der Waals surface area contributed by atoms with Crippen LogP contribution in [0.3, 0.4) is 0 Å². The molecule has 6 heteroatoms. The highest BCUT2D eigenvalue weighted by molar-refractivity contribution is 6.37. The molecule has 11 aromatic rings. The van der Waals surface area contributed by atoms with Gasteiger partial charge in [-0.25, -0.2) is 0 Å². The van der Waals surface area contributed by atoms with Gasteiger partial charge in [-0.2, -0.15) is 0 Å². The van der Waals surface area contributed by atoms with E-state index in [1.54, 1.807) is 0 Å². The van der Waals surface area contributed by atoms with Crippen molar-refractivity contribution in [2.75, 3.05) is 19.6 Å². The monoisotopic (exact) mass is 1090 g/mol. The van der Waals surface area contributed by atoms with Crippen LogP contribution >= 0.6 is 11.6 Å². The molecule has 5 nitrogen and oxygen atoms in total. The lowest BCUT2D eigenvalue weighted by molar-refractivity contribution is 0.589. The Morgan fingerprint density at radius 3 is 1.10 bits per heavy atom. The van der Waals surface area contributed by atoms with E-state index in [1.165, 1.54) is 33.4 Å². The van der Waals surface area contributed by atoms with Crippen LogP contribution in [0.15, 0.2) is 223 Å². The van der Waals surface area contributed by atoms with Crippen molar-refractivity contribution in [2.45, 2.75) is 106 Å². The summed E-state index contributed by atoms with van der Waals surface area (Å²) < 4.78 is 7.19. The van der Waals surface area contributed by atoms with E-state index in [9.17, 15) is 0 Å². The first-order chi connectivity index (χ1) is 39.1. The molecular formula is C76H75ClN4O. The molecule has 0 aliphatic heterocycles. The van der Waals surface area contributed by atoms with Crippen LogP contribution < -0.4 is 19.6 Å². The molecule has 0 atom stereocenters. The number of benzene rings is 10. The summed E-state index contributed by atoms with van der Waals surface area (Å²) in [6.07, 6.45) is 0. The van der Waals surface area contributed by atoms with Crippen LogP contribution in [0.4, 0.5) is 68.2 Å². The topological polar surface area (TPSA) is 26.1 Å². The largest absolute Gasteiger partial charge is 0.454 e. The summed E-state index contributed by atoms with van der Waals surface area (Å²) in [6, 6.07) is 79.5. The molecule has 0 radical (unpaired) electrons. The Kier molecular flexibility index (Phi) is 14.7. The van der Waals surface area contributed by atoms with Crippen molar-refractivity contribution in [2.24, 2.45) is 0 Å². The third-order valence-corrected chi connectivity index (χ3v) is 16.2. The van der Waals surface area contributed by atoms with Gasteiger partial charge in [-0.15, -0.1) is 0 Å². The average molecular weight is 1100 g/mol. The van der Waals surface area contributed by atoms with Crippen molar-refractivity contribution in [1.29, 1.82) is 0 Å². The van der Waals surface area contributed by atoms with Crippen molar-refractivity contribution in [1.82, 2.24) is 0 Å². The molecule has 0 aliphatic carbocycles. The molecule has 1 aromatic heterocycles. The zero-order valence-corrected chi connectivity index (χ0v) is 50.6. The second-order valence-electron chi connectivity index (χ2n) is 25.3. The third-order valence-electron chi connectivity index (χ3n) is 15.8. The minimum absolute atomic E-state index is 0.0543. The SMILES string of the molecule is Cc1ccc(N(c2ccc(C)cc2)c2cccc(N(c3ccc(C(C)(C)C)cc3)c3cc(C(C)(C)C)cc(N(c4ccc(C(C)(C)C)cc4)c4ccc(N(c5ccc(C)cc5)c5ccc(C)cc5)c5oc6ccccc6c45)c3Cl)c2)cc1. The fourth-order valence-corrected chi connectivity index (χ4v) is 11.3. The first kappa shape index (κ1) is 55.4. The number of furan rings is 1. The number of rotatable bonds is 12. The van der Waals surface area contributed by atoms with Gasteiger partial charge in [0.05, 0.1) is 33.2 Å². The van der Waals surface area contributed by atoms with Gasteiger partial charge in [0.15, 0.2) is 5.58 Å². The van der Waals surface area contributed by atoms with Gasteiger partial charge >= 0.3 is 0 Å². The van der Waals surface area contributed by atoms with Crippen molar-refractivity contribution < 1.29 is 4.42 Å². The highest BCUT2D eigenvalue weighted by Crippen LogP contribution is 2.54. The predicted octanol–water partition coefficient (Wildman–Crippen LogP) is 23.2. The highest BCUT2D eigenvalue weighted by Gasteiger charge is 2.31. The zero-order valence-electron chi connectivity index (χ0n) is 49.9. The van der Waals surface area contributed by atoms with Crippen LogP contribution in [0.5, 0.6) is 0 Å². The van der Waals surface area contributed by atoms with E-state index in [0.29, 0.717) is 5.02 Å². The van der Waals surface area contributed by atoms with Gasteiger partial charge in [-0.05, 0) is 182 Å². The Hall–Kier alpha value is -8.51. The van der Waals surface area contributed by atoms with Crippen molar-refractivity contribution in [3.8, 4) is 0 Å². The minimum Gasteiger partial charge on any atom is -0.454 e. The maximum atomic E-state index is 8.44. The lowest BCUT2D eigenvalue weighted by Gasteiger charge is -2.35. The second kappa shape index (κ2) is 21.8. The summed E-state index contributed by atoms with van der Waals surface area (Å²) >= 11 is 8.44. The molecule has 10 aromatic carbocycles. The van der Waals surface area contributed by atoms with Crippen LogP contribution in [-0.4, -0.2) is 0 Å². The molecular weight excluding hydrogens is 1020 g/mol. The quantitative estimate of drug-likeness (QED) is 0.121. The lowest BCUT2D eigenvalue weighted by Crippen LogP contribution is -2.19. The van der Waals surface area contributed by atoms with E-state index >= 15 is 0 Å². The summed E-state index contributed by atoms with van der Waals surface area (Å²) in [5, 5.41) is 2.58. The average Bonchev–Trinajstić information content (AvgIpc) is 3.55. The van der Waals surface area contributed by atoms with Crippen LogP contribution in [0.2, 0.25) is 5.02 Å². The van der Waals surface area contributed by atoms with Crippen LogP contribution in [0.25, 0.3) is 21.9 Å². The molecule has 0 amide bonds. The van der Waals surface area contributed by atoms with E-state index in [2.05, 4.69) is 328 Å². The lowest BCUT2D eigenvalue weighted by atomic mass is 9.85. The molecule has 0 saturated heterocycles. The molecule has 412 valence electrons. The number of nitrogens with zero attached hydrogens (tertiary/aromatic N) is 4. The Labute approximate surface area is 491 Å². The molecule has 1 heterocycles. The summed E-state index contributed by atoms with van der Waals surface area (Å²) in [5.74, 6) is 0. The van der Waals surface area contributed by atoms with Gasteiger partial charge in [-0.3, -0.25) is 0 Å². The second-order valence-corrected chi connectivity index (χ2v) is 25.7. The van der Waals surface area contributed by atoms with Crippen molar-refractivity contribution in [3.63, 3.8) is 0 Å². The number of halogens is 1. The standard InChI is InChI=1S/C76H75ClN4O/c1-50-21-33-57(34-22-50)78(58-35-23-51(2)24-36-58)63-17-16-18-64(49-63)80(61-41-29-54(30-42-61)74(5,6)7)68-47-56(76(11,12)13)48-69(72(68)77)81(62-43-31-55(32-44-62)75(8,9)10)66-45-46-67(73-71(66)65-19-14-15-20-70(65)82-73)79(59-37-25-52(3)26-38-59)60-39-27-53(4)28-40-60/h14-49H,1-13H3. The molecule has 0 spiro atoms. The third kappa shape index (κ3) is 11.0. The molecule has 0 aliphatic rings. The van der Waals surface area contributed by atoms with E-state index in [1.807, 2.05) is 0 Å². The summed E-state index contributed by atoms with van der Waals surface area (Å²) in [5.41, 5.74) is 21.2. The number of para-hydroxylation sites is 1. The van der Waals surface area contributed by atoms with Crippen LogP contribution in [-0.2, 0) is 16.2 Å². The van der Waals surface area contributed by atoms with E-state index in [-0.39, 0.29) is 16.2 Å². The van der Waals surface area contributed by atoms with Gasteiger partial charge in [-0.1, -0.05) is 193 Å². The van der Waals surface area contributed by atoms with Crippen molar-refractivity contribution in [3.05, 3.63) is 262 Å². The fourth-order valence-electron chi connectivity index (χ4n) is 11.0. The first-order valence-corrected chi connectivity index (χ1v) is 29.1. The Morgan fingerprint density at radius 2 is 0.659 bits per heavy atom. The first-order valence-electron chi connectivity index (χ1n) is 28.7. The van der Waals surface area contributed by atoms with Gasteiger partial charge in [0.25, 0.3) is 0 Å². The van der Waals surface area contributed by atoms with E-state index < -0.39 is 0 Å². The van der Waals surface area contributed by atoms with Crippen LogP contribution in [0.1, 0.15) is 101 Å². The molecule has 11 rings (SSSR count). The summed E-state index contributed by atoms with van der Waals surface area (Å²) in [6.45, 7) is 29.0. The number of hydrogen-bond acceptors (Lipinski definition) is 5. The van der Waals surface area contributed by atoms with E-state index in [0.717, 1.165) is 95.8 Å². The Morgan fingerprint density at radius 1 is 0.305 bits per heavy atom. The zero-order chi connectivity index (χ0) is 57.8. The summed E-state index contributed by atoms with van der Waals surface area (Å²) in [7, 11) is 0. The van der Waals surface area contributed by atoms with Gasteiger partial charge in [0, 0.05) is 50.9 Å². The maximum absolute atomic E-state index is 8.44. The number of hydrogen-bond donors (Lipinski definition) is 0. The summed E-state index contributed by atoms with van der Waals surface area (Å²) in [4.78, 5) is 9.38. The van der Waals surface area contributed by atoms with Gasteiger partial charge in [0.2, 0.25) is 0 Å². The molecule has 0 unspecified atom stereocenters. The molecule has 0 saturated carbocycles. The van der Waals surface area contributed by atoms with Crippen LogP contribution in [0, 0.1) is 27.7 Å². The van der Waals surface area contributed by atoms with Gasteiger partial charge < -0.3 is 24.0 Å². The molecule has 0 bridgehead atoms. The smallest absolute Gasteiger partial charge is 0.161 e. The highest BCUT2D eigenvalue weighted by atomic mass is 35.5. The van der Waals surface area contributed by atoms with Crippen molar-refractivity contribution >= 4 is 102 Å². The number of fused-ring (bicyclic) bond motifs is 3.